The van der Waals surface area contributed by atoms with E-state index in [1.54, 1.807) is 0 Å². The Morgan fingerprint density at radius 2 is 2.00 bits per heavy atom. The van der Waals surface area contributed by atoms with Gasteiger partial charge in [-0.05, 0) is 46.8 Å². The number of carbonyl (C=O) groups is 1. The second kappa shape index (κ2) is 6.83. The number of hydrogen-bond donors (Lipinski definition) is 1. The molecule has 24 heavy (non-hydrogen) atoms. The summed E-state index contributed by atoms with van der Waals surface area (Å²) in [5, 5.41) is 13.9. The Bertz CT molecular complexity index is 899. The first-order valence-electron chi connectivity index (χ1n) is 6.81. The second-order valence-electron chi connectivity index (χ2n) is 4.80. The number of hydrogen-bond acceptors (Lipinski definition) is 4. The summed E-state index contributed by atoms with van der Waals surface area (Å²) in [4.78, 5) is 12.0. The van der Waals surface area contributed by atoms with E-state index in [1.807, 2.05) is 24.3 Å². The van der Waals surface area contributed by atoms with Gasteiger partial charge < -0.3 is 5.32 Å². The van der Waals surface area contributed by atoms with Crippen LogP contribution in [0.1, 0.15) is 16.2 Å². The molecule has 1 aromatic heterocycles. The number of nitrogens with zero attached hydrogens (tertiary/aromatic N) is 4. The molecule has 122 valence electrons. The third-order valence-electron chi connectivity index (χ3n) is 3.18. The van der Waals surface area contributed by atoms with Crippen LogP contribution in [0, 0.1) is 11.6 Å². The number of aromatic nitrogens is 4. The number of amides is 1. The molecule has 6 nitrogen and oxygen atoms in total. The Kier molecular flexibility index (Phi) is 4.61. The molecular weight excluding hydrogens is 384 g/mol. The van der Waals surface area contributed by atoms with Gasteiger partial charge in [-0.3, -0.25) is 4.79 Å². The van der Waals surface area contributed by atoms with Gasteiger partial charge in [0.25, 0.3) is 5.91 Å². The second-order valence-corrected chi connectivity index (χ2v) is 5.71. The van der Waals surface area contributed by atoms with Crippen LogP contribution in [0.5, 0.6) is 0 Å². The van der Waals surface area contributed by atoms with Gasteiger partial charge >= 0.3 is 0 Å². The summed E-state index contributed by atoms with van der Waals surface area (Å²) in [6, 6.07) is 10.2. The van der Waals surface area contributed by atoms with Crippen LogP contribution in [-0.4, -0.2) is 26.1 Å². The van der Waals surface area contributed by atoms with Crippen LogP contribution in [0.25, 0.3) is 5.69 Å². The first kappa shape index (κ1) is 16.2. The summed E-state index contributed by atoms with van der Waals surface area (Å²) >= 11 is 3.36. The molecule has 0 unspecified atom stereocenters. The highest BCUT2D eigenvalue weighted by molar-refractivity contribution is 9.10. The summed E-state index contributed by atoms with van der Waals surface area (Å²) in [5.74, 6) is -2.26. The van der Waals surface area contributed by atoms with Crippen LogP contribution >= 0.6 is 15.9 Å². The van der Waals surface area contributed by atoms with Gasteiger partial charge in [-0.2, -0.15) is 4.68 Å². The van der Waals surface area contributed by atoms with E-state index in [-0.39, 0.29) is 12.1 Å². The standard InChI is InChI=1S/C15H10BrF2N5O/c16-10-2-1-3-11(7-10)23-14(20-21-22-23)8-19-15(24)9-4-5-12(17)13(18)6-9/h1-7H,8H2,(H,19,24). The SMILES string of the molecule is O=C(NCc1nnnn1-c1cccc(Br)c1)c1ccc(F)c(F)c1. The van der Waals surface area contributed by atoms with Gasteiger partial charge in [0.05, 0.1) is 12.2 Å². The maximum absolute atomic E-state index is 13.2. The number of halogens is 3. The quantitative estimate of drug-likeness (QED) is 0.739. The molecule has 0 atom stereocenters. The van der Waals surface area contributed by atoms with Gasteiger partial charge in [0.2, 0.25) is 0 Å². The highest BCUT2D eigenvalue weighted by Gasteiger charge is 2.13. The summed E-state index contributed by atoms with van der Waals surface area (Å²) in [7, 11) is 0. The van der Waals surface area contributed by atoms with E-state index in [4.69, 9.17) is 0 Å². The van der Waals surface area contributed by atoms with Gasteiger partial charge in [0.15, 0.2) is 17.5 Å². The van der Waals surface area contributed by atoms with Crippen molar-refractivity contribution in [1.29, 1.82) is 0 Å². The monoisotopic (exact) mass is 393 g/mol. The van der Waals surface area contributed by atoms with Gasteiger partial charge in [-0.25, -0.2) is 8.78 Å². The van der Waals surface area contributed by atoms with Crippen molar-refractivity contribution in [3.05, 3.63) is 70.0 Å². The third-order valence-corrected chi connectivity index (χ3v) is 3.67. The predicted molar refractivity (Wildman–Crippen MR) is 84.4 cm³/mol. The van der Waals surface area contributed by atoms with Crippen molar-refractivity contribution in [2.24, 2.45) is 0 Å². The van der Waals surface area contributed by atoms with Crippen LogP contribution in [0.15, 0.2) is 46.9 Å². The van der Waals surface area contributed by atoms with Gasteiger partial charge in [0.1, 0.15) is 0 Å². The minimum atomic E-state index is -1.08. The first-order chi connectivity index (χ1) is 11.5. The number of benzene rings is 2. The molecule has 0 radical (unpaired) electrons. The molecule has 1 heterocycles. The lowest BCUT2D eigenvalue weighted by molar-refractivity contribution is 0.0949. The van der Waals surface area contributed by atoms with Crippen molar-refractivity contribution in [1.82, 2.24) is 25.5 Å². The Morgan fingerprint density at radius 1 is 1.17 bits per heavy atom. The lowest BCUT2D eigenvalue weighted by atomic mass is 10.2. The smallest absolute Gasteiger partial charge is 0.251 e. The highest BCUT2D eigenvalue weighted by atomic mass is 79.9. The van der Waals surface area contributed by atoms with Crippen LogP contribution in [0.2, 0.25) is 0 Å². The molecule has 1 amide bonds. The lowest BCUT2D eigenvalue weighted by Crippen LogP contribution is -2.25. The number of rotatable bonds is 4. The summed E-state index contributed by atoms with van der Waals surface area (Å²) < 4.78 is 28.4. The number of carbonyl (C=O) groups excluding carboxylic acids is 1. The van der Waals surface area contributed by atoms with E-state index >= 15 is 0 Å². The fraction of sp³-hybridized carbons (Fsp3) is 0.0667. The van der Waals surface area contributed by atoms with E-state index in [0.717, 1.165) is 16.6 Å². The summed E-state index contributed by atoms with van der Waals surface area (Å²) in [6.07, 6.45) is 0. The van der Waals surface area contributed by atoms with E-state index in [9.17, 15) is 13.6 Å². The molecule has 0 aliphatic rings. The minimum Gasteiger partial charge on any atom is -0.345 e. The summed E-state index contributed by atoms with van der Waals surface area (Å²) in [5.41, 5.74) is 0.724. The largest absolute Gasteiger partial charge is 0.345 e. The molecule has 3 rings (SSSR count). The maximum atomic E-state index is 13.2. The topological polar surface area (TPSA) is 72.7 Å². The molecule has 0 saturated heterocycles. The lowest BCUT2D eigenvalue weighted by Gasteiger charge is -2.07. The van der Waals surface area contributed by atoms with Crippen LogP contribution < -0.4 is 5.32 Å². The average Bonchev–Trinajstić information content (AvgIpc) is 3.03. The molecule has 0 bridgehead atoms. The maximum Gasteiger partial charge on any atom is 0.251 e. The van der Waals surface area contributed by atoms with Gasteiger partial charge in [-0.15, -0.1) is 5.10 Å². The van der Waals surface area contributed by atoms with Crippen LogP contribution in [0.3, 0.4) is 0 Å². The molecule has 9 heteroatoms. The molecular formula is C15H10BrF2N5O. The minimum absolute atomic E-state index is 0.00961. The first-order valence-corrected chi connectivity index (χ1v) is 7.60. The Balaban J connectivity index is 1.75. The molecule has 3 aromatic rings. The zero-order valence-corrected chi connectivity index (χ0v) is 13.7. The predicted octanol–water partition coefficient (Wildman–Crippen LogP) is 2.63. The van der Waals surface area contributed by atoms with Crippen LogP contribution in [0.4, 0.5) is 8.78 Å². The van der Waals surface area contributed by atoms with Gasteiger partial charge in [0, 0.05) is 10.0 Å². The molecule has 0 fully saturated rings. The number of nitrogens with one attached hydrogen (secondary N) is 1. The normalized spacial score (nSPS) is 10.6. The Morgan fingerprint density at radius 3 is 2.75 bits per heavy atom. The van der Waals surface area contributed by atoms with Crippen molar-refractivity contribution in [3.63, 3.8) is 0 Å². The fourth-order valence-corrected chi connectivity index (χ4v) is 2.41. The highest BCUT2D eigenvalue weighted by Crippen LogP contribution is 2.15. The zero-order valence-electron chi connectivity index (χ0n) is 12.1. The van der Waals surface area contributed by atoms with Gasteiger partial charge in [-0.1, -0.05) is 22.0 Å². The fourth-order valence-electron chi connectivity index (χ4n) is 2.02. The van der Waals surface area contributed by atoms with Crippen molar-refractivity contribution in [2.45, 2.75) is 6.54 Å². The molecule has 2 aromatic carbocycles. The van der Waals surface area contributed by atoms with E-state index in [2.05, 4.69) is 36.8 Å². The van der Waals surface area contributed by atoms with E-state index in [0.29, 0.717) is 11.5 Å². The molecule has 0 spiro atoms. The van der Waals surface area contributed by atoms with Crippen molar-refractivity contribution >= 4 is 21.8 Å². The molecule has 0 aliphatic heterocycles. The third kappa shape index (κ3) is 3.46. The van der Waals surface area contributed by atoms with Crippen molar-refractivity contribution < 1.29 is 13.6 Å². The average molecular weight is 394 g/mol. The van der Waals surface area contributed by atoms with Crippen molar-refractivity contribution in [2.75, 3.05) is 0 Å². The molecule has 0 saturated carbocycles. The number of tetrazole rings is 1. The van der Waals surface area contributed by atoms with Crippen molar-refractivity contribution in [3.8, 4) is 5.69 Å². The molecule has 0 aliphatic carbocycles. The molecule has 1 N–H and O–H groups in total. The Hall–Kier alpha value is -2.68. The zero-order chi connectivity index (χ0) is 17.1. The summed E-state index contributed by atoms with van der Waals surface area (Å²) in [6.45, 7) is 0.0251. The van der Waals surface area contributed by atoms with Crippen LogP contribution in [-0.2, 0) is 6.54 Å². The van der Waals surface area contributed by atoms with E-state index < -0.39 is 17.5 Å². The Labute approximate surface area is 143 Å². The van der Waals surface area contributed by atoms with E-state index in [1.165, 1.54) is 10.7 Å².